The molecule has 2 amide bonds. The molecule has 0 unspecified atom stereocenters. The number of rotatable bonds is 6. The van der Waals surface area contributed by atoms with Crippen LogP contribution in [0, 0.1) is 0 Å². The number of benzene rings is 1. The van der Waals surface area contributed by atoms with E-state index in [2.05, 4.69) is 15.6 Å². The average Bonchev–Trinajstić information content (AvgIpc) is 3.03. The van der Waals surface area contributed by atoms with Gasteiger partial charge in [0.05, 0.1) is 5.69 Å². The highest BCUT2D eigenvalue weighted by atomic mass is 35.5. The van der Waals surface area contributed by atoms with Crippen LogP contribution in [0.15, 0.2) is 24.3 Å². The maximum atomic E-state index is 12.8. The van der Waals surface area contributed by atoms with E-state index in [0.29, 0.717) is 35.3 Å². The zero-order valence-corrected chi connectivity index (χ0v) is 16.3. The molecule has 2 N–H and O–H groups in total. The summed E-state index contributed by atoms with van der Waals surface area (Å²) in [4.78, 5) is 31.7. The summed E-state index contributed by atoms with van der Waals surface area (Å²) >= 11 is 5.88. The van der Waals surface area contributed by atoms with Crippen LogP contribution >= 0.6 is 11.6 Å². The molecule has 7 nitrogen and oxygen atoms in total. The van der Waals surface area contributed by atoms with E-state index >= 15 is 0 Å². The van der Waals surface area contributed by atoms with Gasteiger partial charge in [-0.2, -0.15) is 0 Å². The fourth-order valence-corrected chi connectivity index (χ4v) is 3.22. The van der Waals surface area contributed by atoms with Gasteiger partial charge in [-0.05, 0) is 57.6 Å². The third-order valence-electron chi connectivity index (χ3n) is 4.48. The Hall–Kier alpha value is -2.38. The minimum absolute atomic E-state index is 0.245. The molecule has 0 bridgehead atoms. The van der Waals surface area contributed by atoms with Gasteiger partial charge in [-0.1, -0.05) is 11.6 Å². The maximum Gasteiger partial charge on any atom is 0.287 e. The summed E-state index contributed by atoms with van der Waals surface area (Å²) in [5.41, 5.74) is 1.78. The van der Waals surface area contributed by atoms with E-state index in [9.17, 15) is 9.59 Å². The Morgan fingerprint density at radius 1 is 1.19 bits per heavy atom. The SMILES string of the molecule is CN(C)CCNC(=O)c1nc(C(=O)Nc2ccc(Cl)cc2)c2n1CCCC2. The predicted octanol–water partition coefficient (Wildman–Crippen LogP) is 2.42. The first-order valence-electron chi connectivity index (χ1n) is 9.05. The predicted molar refractivity (Wildman–Crippen MR) is 105 cm³/mol. The smallest absolute Gasteiger partial charge is 0.287 e. The molecule has 0 spiro atoms. The number of hydrogen-bond acceptors (Lipinski definition) is 4. The molecule has 3 rings (SSSR count). The Morgan fingerprint density at radius 2 is 1.93 bits per heavy atom. The van der Waals surface area contributed by atoms with Crippen molar-refractivity contribution in [3.63, 3.8) is 0 Å². The van der Waals surface area contributed by atoms with Crippen LogP contribution < -0.4 is 10.6 Å². The number of carbonyl (C=O) groups excluding carboxylic acids is 2. The molecule has 0 atom stereocenters. The molecule has 144 valence electrons. The van der Waals surface area contributed by atoms with E-state index in [-0.39, 0.29) is 11.8 Å². The second-order valence-corrected chi connectivity index (χ2v) is 7.30. The lowest BCUT2D eigenvalue weighted by molar-refractivity contribution is 0.0935. The first-order chi connectivity index (χ1) is 13.0. The van der Waals surface area contributed by atoms with Crippen molar-refractivity contribution >= 4 is 29.1 Å². The zero-order chi connectivity index (χ0) is 19.4. The van der Waals surface area contributed by atoms with E-state index in [4.69, 9.17) is 11.6 Å². The van der Waals surface area contributed by atoms with Crippen LogP contribution in [0.3, 0.4) is 0 Å². The Bertz CT molecular complexity index is 829. The number of carbonyl (C=O) groups is 2. The van der Waals surface area contributed by atoms with Crippen LogP contribution in [0.25, 0.3) is 0 Å². The molecule has 0 saturated carbocycles. The largest absolute Gasteiger partial charge is 0.348 e. The third kappa shape index (κ3) is 4.67. The molecule has 0 fully saturated rings. The van der Waals surface area contributed by atoms with Crippen LogP contribution in [0.4, 0.5) is 5.69 Å². The molecule has 1 aliphatic rings. The Kier molecular flexibility index (Phi) is 6.13. The van der Waals surface area contributed by atoms with Crippen molar-refractivity contribution in [2.45, 2.75) is 25.8 Å². The third-order valence-corrected chi connectivity index (χ3v) is 4.73. The number of amides is 2. The van der Waals surface area contributed by atoms with Gasteiger partial charge in [-0.25, -0.2) is 4.98 Å². The van der Waals surface area contributed by atoms with E-state index in [1.807, 2.05) is 23.6 Å². The lowest BCUT2D eigenvalue weighted by Gasteiger charge is -2.17. The quantitative estimate of drug-likeness (QED) is 0.795. The van der Waals surface area contributed by atoms with Gasteiger partial charge in [0.2, 0.25) is 0 Å². The highest BCUT2D eigenvalue weighted by Crippen LogP contribution is 2.22. The van der Waals surface area contributed by atoms with Gasteiger partial charge >= 0.3 is 0 Å². The number of likely N-dealkylation sites (N-methyl/N-ethyl adjacent to an activating group) is 1. The van der Waals surface area contributed by atoms with Crippen LogP contribution in [-0.2, 0) is 13.0 Å². The van der Waals surface area contributed by atoms with Gasteiger partial charge in [0.15, 0.2) is 11.5 Å². The highest BCUT2D eigenvalue weighted by molar-refractivity contribution is 6.30. The highest BCUT2D eigenvalue weighted by Gasteiger charge is 2.27. The molecule has 1 aliphatic heterocycles. The van der Waals surface area contributed by atoms with Crippen LogP contribution in [0.2, 0.25) is 5.02 Å². The lowest BCUT2D eigenvalue weighted by Crippen LogP contribution is -2.33. The van der Waals surface area contributed by atoms with Gasteiger partial charge in [0.25, 0.3) is 11.8 Å². The molecular formula is C19H24ClN5O2. The topological polar surface area (TPSA) is 79.3 Å². The van der Waals surface area contributed by atoms with Crippen LogP contribution in [-0.4, -0.2) is 53.5 Å². The Balaban J connectivity index is 1.80. The Labute approximate surface area is 163 Å². The monoisotopic (exact) mass is 389 g/mol. The summed E-state index contributed by atoms with van der Waals surface area (Å²) in [6.07, 6.45) is 2.69. The van der Waals surface area contributed by atoms with Crippen molar-refractivity contribution in [2.24, 2.45) is 0 Å². The number of imidazole rings is 1. The van der Waals surface area contributed by atoms with Gasteiger partial charge < -0.3 is 20.1 Å². The van der Waals surface area contributed by atoms with Crippen LogP contribution in [0.5, 0.6) is 0 Å². The summed E-state index contributed by atoms with van der Waals surface area (Å²) in [6, 6.07) is 6.89. The maximum absolute atomic E-state index is 12.8. The standard InChI is InChI=1S/C19H24ClN5O2/c1-24(2)12-10-21-19(27)17-23-16(15-5-3-4-11-25(15)17)18(26)22-14-8-6-13(20)7-9-14/h6-9H,3-5,10-12H2,1-2H3,(H,21,27)(H,22,26). The van der Waals surface area contributed by atoms with Gasteiger partial charge in [0.1, 0.15) is 0 Å². The van der Waals surface area contributed by atoms with Gasteiger partial charge in [-0.15, -0.1) is 0 Å². The molecule has 0 radical (unpaired) electrons. The van der Waals surface area contributed by atoms with Crippen molar-refractivity contribution in [3.8, 4) is 0 Å². The molecule has 8 heteroatoms. The molecule has 0 aliphatic carbocycles. The number of nitrogens with one attached hydrogen (secondary N) is 2. The summed E-state index contributed by atoms with van der Waals surface area (Å²) in [5.74, 6) is -0.245. The van der Waals surface area contributed by atoms with Crippen molar-refractivity contribution in [2.75, 3.05) is 32.5 Å². The summed E-state index contributed by atoms with van der Waals surface area (Å²) in [6.45, 7) is 1.97. The van der Waals surface area contributed by atoms with E-state index < -0.39 is 0 Å². The number of nitrogens with zero attached hydrogens (tertiary/aromatic N) is 3. The molecule has 1 aromatic carbocycles. The normalized spacial score (nSPS) is 13.3. The van der Waals surface area contributed by atoms with E-state index in [0.717, 1.165) is 31.5 Å². The second kappa shape index (κ2) is 8.54. The summed E-state index contributed by atoms with van der Waals surface area (Å²) in [5, 5.41) is 6.31. The number of hydrogen-bond donors (Lipinski definition) is 2. The fourth-order valence-electron chi connectivity index (χ4n) is 3.09. The van der Waals surface area contributed by atoms with E-state index in [1.165, 1.54) is 0 Å². The first-order valence-corrected chi connectivity index (χ1v) is 9.42. The molecule has 0 saturated heterocycles. The molecule has 1 aromatic heterocycles. The fraction of sp³-hybridized carbons (Fsp3) is 0.421. The minimum atomic E-state index is -0.310. The van der Waals surface area contributed by atoms with Gasteiger partial charge in [0, 0.05) is 30.3 Å². The zero-order valence-electron chi connectivity index (χ0n) is 15.6. The molecule has 27 heavy (non-hydrogen) atoms. The number of anilines is 1. The number of aromatic nitrogens is 2. The van der Waals surface area contributed by atoms with E-state index in [1.54, 1.807) is 24.3 Å². The average molecular weight is 390 g/mol. The van der Waals surface area contributed by atoms with Crippen molar-refractivity contribution in [1.82, 2.24) is 19.8 Å². The van der Waals surface area contributed by atoms with Crippen molar-refractivity contribution in [3.05, 3.63) is 46.5 Å². The molecule has 2 aromatic rings. The van der Waals surface area contributed by atoms with Crippen LogP contribution in [0.1, 0.15) is 39.6 Å². The van der Waals surface area contributed by atoms with Gasteiger partial charge in [-0.3, -0.25) is 9.59 Å². The van der Waals surface area contributed by atoms with Crippen molar-refractivity contribution < 1.29 is 9.59 Å². The number of fused-ring (bicyclic) bond motifs is 1. The molecule has 2 heterocycles. The lowest BCUT2D eigenvalue weighted by atomic mass is 10.1. The minimum Gasteiger partial charge on any atom is -0.348 e. The second-order valence-electron chi connectivity index (χ2n) is 6.86. The summed E-state index contributed by atoms with van der Waals surface area (Å²) in [7, 11) is 3.89. The molecular weight excluding hydrogens is 366 g/mol. The summed E-state index contributed by atoms with van der Waals surface area (Å²) < 4.78 is 1.88. The number of halogens is 1. The van der Waals surface area contributed by atoms with Crippen molar-refractivity contribution in [1.29, 1.82) is 0 Å². The Morgan fingerprint density at radius 3 is 2.63 bits per heavy atom. The first kappa shape index (κ1) is 19.4.